The Hall–Kier alpha value is -3.13. The van der Waals surface area contributed by atoms with Gasteiger partial charge in [-0.25, -0.2) is 0 Å². The van der Waals surface area contributed by atoms with Gasteiger partial charge in [-0.2, -0.15) is 4.55 Å². The first-order chi connectivity index (χ1) is 17.0. The molecule has 1 aromatic heterocycles. The summed E-state index contributed by atoms with van der Waals surface area (Å²) in [5, 5.41) is 1.64. The number of rotatable bonds is 8. The van der Waals surface area contributed by atoms with Gasteiger partial charge in [0.1, 0.15) is 11.4 Å². The van der Waals surface area contributed by atoms with E-state index >= 15 is 0 Å². The Balaban J connectivity index is 1.66. The maximum absolute atomic E-state index is 13.0. The van der Waals surface area contributed by atoms with Gasteiger partial charge in [-0.3, -0.25) is 4.79 Å². The molecule has 3 aromatic carbocycles. The number of hydrogen-bond donors (Lipinski definition) is 3. The molecule has 0 aliphatic rings. The summed E-state index contributed by atoms with van der Waals surface area (Å²) in [6, 6.07) is 17.8. The Morgan fingerprint density at radius 1 is 1.03 bits per heavy atom. The average Bonchev–Trinajstić information content (AvgIpc) is 3.18. The largest absolute Gasteiger partial charge is 0.494 e. The monoisotopic (exact) mass is 525 g/mol. The van der Waals surface area contributed by atoms with Crippen LogP contribution in [0.1, 0.15) is 39.2 Å². The minimum Gasteiger partial charge on any atom is -0.494 e. The Morgan fingerprint density at radius 3 is 2.36 bits per heavy atom. The molecule has 36 heavy (non-hydrogen) atoms. The normalized spacial score (nSPS) is 12.9. The van der Waals surface area contributed by atoms with Gasteiger partial charge in [0.25, 0.3) is 0 Å². The summed E-state index contributed by atoms with van der Waals surface area (Å²) in [4.78, 5) is 16.3. The van der Waals surface area contributed by atoms with E-state index in [4.69, 9.17) is 16.3 Å². The van der Waals surface area contributed by atoms with Gasteiger partial charge >= 0.3 is 16.3 Å². The maximum atomic E-state index is 13.0. The molecule has 3 N–H and O–H groups in total. The first kappa shape index (κ1) is 25.9. The summed E-state index contributed by atoms with van der Waals surface area (Å²) >= 11 is 6.26. The summed E-state index contributed by atoms with van der Waals surface area (Å²) in [6.45, 7) is 6.37. The third-order valence-corrected chi connectivity index (χ3v) is 7.30. The summed E-state index contributed by atoms with van der Waals surface area (Å²) in [7, 11) is -3.47. The molecule has 8 heteroatoms. The number of ether oxygens (including phenoxy) is 1. The van der Waals surface area contributed by atoms with Crippen molar-refractivity contribution in [2.75, 3.05) is 12.9 Å². The van der Waals surface area contributed by atoms with E-state index in [2.05, 4.69) is 9.71 Å². The lowest BCUT2D eigenvalue weighted by Crippen LogP contribution is -2.34. The number of aromatic amines is 1. The maximum Gasteiger partial charge on any atom is 0.310 e. The lowest BCUT2D eigenvalue weighted by Gasteiger charge is -2.10. The smallest absolute Gasteiger partial charge is 0.310 e. The Bertz CT molecular complexity index is 1470. The zero-order valence-corrected chi connectivity index (χ0v) is 22.3. The predicted molar refractivity (Wildman–Crippen MR) is 147 cm³/mol. The number of aryl methyl sites for hydroxylation is 4. The van der Waals surface area contributed by atoms with Crippen molar-refractivity contribution in [2.45, 2.75) is 33.6 Å². The van der Waals surface area contributed by atoms with Crippen molar-refractivity contribution in [3.05, 3.63) is 87.6 Å². The van der Waals surface area contributed by atoms with Crippen LogP contribution in [0.3, 0.4) is 0 Å². The highest BCUT2D eigenvalue weighted by Crippen LogP contribution is 2.34. The molecule has 1 amide bonds. The molecule has 0 fully saturated rings. The number of carbonyl (C=O) groups is 1. The van der Waals surface area contributed by atoms with E-state index in [0.717, 1.165) is 61.3 Å². The van der Waals surface area contributed by atoms with Crippen molar-refractivity contribution in [3.63, 3.8) is 0 Å². The second-order valence-corrected chi connectivity index (χ2v) is 11.3. The molecular weight excluding hydrogens is 496 g/mol. The highest BCUT2D eigenvalue weighted by molar-refractivity contribution is 7.95. The molecule has 1 heterocycles. The van der Waals surface area contributed by atoms with E-state index in [1.165, 1.54) is 0 Å². The van der Waals surface area contributed by atoms with E-state index in [0.29, 0.717) is 19.4 Å². The second kappa shape index (κ2) is 10.5. The van der Waals surface area contributed by atoms with Crippen molar-refractivity contribution in [1.29, 1.82) is 0 Å². The molecule has 0 aliphatic carbocycles. The molecule has 0 saturated heterocycles. The van der Waals surface area contributed by atoms with Gasteiger partial charge in [0.2, 0.25) is 0 Å². The van der Waals surface area contributed by atoms with Crippen LogP contribution in [-0.2, 0) is 21.0 Å². The second-order valence-electron chi connectivity index (χ2n) is 9.08. The van der Waals surface area contributed by atoms with Crippen molar-refractivity contribution in [3.8, 4) is 16.9 Å². The zero-order chi connectivity index (χ0) is 26.0. The zero-order valence-electron chi connectivity index (χ0n) is 20.8. The summed E-state index contributed by atoms with van der Waals surface area (Å²) in [5.74, 6) is 0.135. The fourth-order valence-corrected chi connectivity index (χ4v) is 5.03. The first-order valence-corrected chi connectivity index (χ1v) is 14.0. The Kier molecular flexibility index (Phi) is 7.54. The van der Waals surface area contributed by atoms with Crippen LogP contribution in [0.5, 0.6) is 5.75 Å². The number of fused-ring (bicyclic) bond motifs is 1. The fourth-order valence-electron chi connectivity index (χ4n) is 4.48. The van der Waals surface area contributed by atoms with Gasteiger partial charge < -0.3 is 9.72 Å². The van der Waals surface area contributed by atoms with E-state index in [1.54, 1.807) is 0 Å². The highest BCUT2D eigenvalue weighted by atomic mass is 35.5. The molecule has 0 saturated carbocycles. The van der Waals surface area contributed by atoms with Crippen LogP contribution in [0.4, 0.5) is 0 Å². The minimum absolute atomic E-state index is 0.285. The third kappa shape index (κ3) is 5.64. The Morgan fingerprint density at radius 2 is 1.69 bits per heavy atom. The number of halogens is 1. The average molecular weight is 526 g/mol. The van der Waals surface area contributed by atoms with Crippen LogP contribution in [-0.4, -0.2) is 28.3 Å². The molecule has 1 atom stereocenters. The van der Waals surface area contributed by atoms with E-state index in [1.807, 2.05) is 75.4 Å². The Labute approximate surface area is 217 Å². The van der Waals surface area contributed by atoms with Crippen molar-refractivity contribution < 1.29 is 18.3 Å². The van der Waals surface area contributed by atoms with Crippen LogP contribution in [0.2, 0.25) is 5.02 Å². The van der Waals surface area contributed by atoms with Crippen LogP contribution >= 0.6 is 11.6 Å². The van der Waals surface area contributed by atoms with E-state index in [-0.39, 0.29) is 5.69 Å². The molecule has 0 aliphatic heterocycles. The van der Waals surface area contributed by atoms with Gasteiger partial charge in [0.15, 0.2) is 6.26 Å². The van der Waals surface area contributed by atoms with Gasteiger partial charge in [0.05, 0.1) is 12.1 Å². The number of benzene rings is 3. The first-order valence-electron chi connectivity index (χ1n) is 11.7. The predicted octanol–water partition coefficient (Wildman–Crippen LogP) is 6.67. The van der Waals surface area contributed by atoms with Gasteiger partial charge in [-0.1, -0.05) is 54.1 Å². The molecule has 188 valence electrons. The molecule has 1 unspecified atom stereocenters. The molecule has 6 nitrogen and oxygen atoms in total. The number of para-hydroxylation sites is 1. The number of aromatic nitrogens is 1. The van der Waals surface area contributed by atoms with Gasteiger partial charge in [-0.15, -0.1) is 4.72 Å². The summed E-state index contributed by atoms with van der Waals surface area (Å²) in [5.41, 5.74) is 6.94. The SMILES string of the molecule is Cc1ccccc1-c1cccc2c(CCCOc3cc(C)c(Cl)c(C)c3)c(C(=O)N[S+](C)(=O)O)[nH]c12. The number of hydrogen-bond acceptors (Lipinski definition) is 3. The number of carbonyl (C=O) groups excluding carboxylic acids is 1. The third-order valence-electron chi connectivity index (χ3n) is 6.14. The molecular formula is C28H30ClN2O4S+. The topological polar surface area (TPSA) is 91.4 Å². The van der Waals surface area contributed by atoms with Crippen LogP contribution < -0.4 is 9.46 Å². The van der Waals surface area contributed by atoms with Gasteiger partial charge in [-0.05, 0) is 77.8 Å². The lowest BCUT2D eigenvalue weighted by atomic mass is 9.97. The lowest BCUT2D eigenvalue weighted by molar-refractivity contribution is 0.0974. The number of H-pyrrole nitrogens is 1. The molecule has 4 aromatic rings. The highest BCUT2D eigenvalue weighted by Gasteiger charge is 2.26. The summed E-state index contributed by atoms with van der Waals surface area (Å²) in [6.07, 6.45) is 2.26. The molecule has 4 rings (SSSR count). The molecule has 0 bridgehead atoms. The van der Waals surface area contributed by atoms with Crippen molar-refractivity contribution in [1.82, 2.24) is 9.71 Å². The number of amides is 1. The quantitative estimate of drug-likeness (QED) is 0.177. The van der Waals surface area contributed by atoms with Crippen LogP contribution in [0, 0.1) is 20.8 Å². The standard InChI is InChI=1S/C28H29ClN2O4S/c1-17-9-5-6-10-21(17)22-11-7-12-23-24(27(30-26(22)23)28(32)31-36(4,33)34)13-8-14-35-20-15-18(2)25(29)19(3)16-20/h5-7,9-12,15-16H,8,13-14H2,1-4H3,(H2-,30,31,32,33,34)/p+1. The van der Waals surface area contributed by atoms with Crippen LogP contribution in [0.15, 0.2) is 54.6 Å². The van der Waals surface area contributed by atoms with Gasteiger partial charge in [0, 0.05) is 16.0 Å². The molecule has 0 radical (unpaired) electrons. The van der Waals surface area contributed by atoms with Crippen molar-refractivity contribution in [2.24, 2.45) is 0 Å². The van der Waals surface area contributed by atoms with Crippen LogP contribution in [0.25, 0.3) is 22.0 Å². The van der Waals surface area contributed by atoms with E-state index < -0.39 is 16.3 Å². The number of nitrogens with one attached hydrogen (secondary N) is 2. The molecule has 0 spiro atoms. The van der Waals surface area contributed by atoms with Crippen molar-refractivity contribution >= 4 is 38.8 Å². The fraction of sp³-hybridized carbons (Fsp3) is 0.250. The summed E-state index contributed by atoms with van der Waals surface area (Å²) < 4.78 is 29.8. The van der Waals surface area contributed by atoms with E-state index in [9.17, 15) is 13.6 Å². The minimum atomic E-state index is -3.47.